The first-order valence-corrected chi connectivity index (χ1v) is 5.28. The van der Waals surface area contributed by atoms with Crippen molar-refractivity contribution in [1.29, 1.82) is 0 Å². The molecule has 3 heteroatoms. The van der Waals surface area contributed by atoms with Crippen LogP contribution in [0.15, 0.2) is 18.2 Å². The van der Waals surface area contributed by atoms with Crippen LogP contribution in [0.5, 0.6) is 11.5 Å². The van der Waals surface area contributed by atoms with Crippen LogP contribution in [-0.4, -0.2) is 27.3 Å². The van der Waals surface area contributed by atoms with E-state index in [0.29, 0.717) is 5.92 Å². The molecule has 1 heterocycles. The highest BCUT2D eigenvalue weighted by Crippen LogP contribution is 2.37. The van der Waals surface area contributed by atoms with Crippen LogP contribution in [0, 0.1) is 0 Å². The molecule has 1 aliphatic heterocycles. The largest absolute Gasteiger partial charge is 0.493 e. The Balaban J connectivity index is 2.36. The van der Waals surface area contributed by atoms with Crippen molar-refractivity contribution >= 4 is 0 Å². The molecule has 1 fully saturated rings. The van der Waals surface area contributed by atoms with Gasteiger partial charge in [0, 0.05) is 18.0 Å². The van der Waals surface area contributed by atoms with Gasteiger partial charge in [-0.1, -0.05) is 12.1 Å². The maximum absolute atomic E-state index is 5.43. The van der Waals surface area contributed by atoms with E-state index in [1.807, 2.05) is 12.1 Å². The van der Waals surface area contributed by atoms with Crippen LogP contribution in [0.3, 0.4) is 0 Å². The highest BCUT2D eigenvalue weighted by atomic mass is 16.5. The van der Waals surface area contributed by atoms with Crippen LogP contribution in [0.4, 0.5) is 0 Å². The molecule has 1 aliphatic rings. The zero-order valence-electron chi connectivity index (χ0n) is 9.25. The third kappa shape index (κ3) is 1.92. The van der Waals surface area contributed by atoms with Gasteiger partial charge in [-0.3, -0.25) is 0 Å². The average Bonchev–Trinajstić information content (AvgIpc) is 2.81. The van der Waals surface area contributed by atoms with E-state index >= 15 is 0 Å². The van der Waals surface area contributed by atoms with E-state index in [4.69, 9.17) is 9.47 Å². The van der Waals surface area contributed by atoms with E-state index in [1.165, 1.54) is 12.0 Å². The second kappa shape index (κ2) is 4.53. The van der Waals surface area contributed by atoms with Gasteiger partial charge in [-0.15, -0.1) is 0 Å². The van der Waals surface area contributed by atoms with Gasteiger partial charge in [0.05, 0.1) is 14.2 Å². The second-order valence-electron chi connectivity index (χ2n) is 3.77. The third-order valence-electron chi connectivity index (χ3n) is 2.93. The Labute approximate surface area is 90.4 Å². The number of ether oxygens (including phenoxy) is 2. The zero-order chi connectivity index (χ0) is 10.7. The average molecular weight is 207 g/mol. The van der Waals surface area contributed by atoms with E-state index < -0.39 is 0 Å². The molecule has 82 valence electrons. The number of benzene rings is 1. The molecule has 0 spiro atoms. The zero-order valence-corrected chi connectivity index (χ0v) is 9.25. The summed E-state index contributed by atoms with van der Waals surface area (Å²) in [5.74, 6) is 2.26. The van der Waals surface area contributed by atoms with Crippen LogP contribution in [0.25, 0.3) is 0 Å². The quantitative estimate of drug-likeness (QED) is 0.819. The van der Waals surface area contributed by atoms with Gasteiger partial charge in [-0.25, -0.2) is 0 Å². The first-order chi connectivity index (χ1) is 7.36. The summed E-state index contributed by atoms with van der Waals surface area (Å²) < 4.78 is 10.7. The smallest absolute Gasteiger partial charge is 0.164 e. The van der Waals surface area contributed by atoms with E-state index in [-0.39, 0.29) is 0 Å². The third-order valence-corrected chi connectivity index (χ3v) is 2.93. The molecular weight excluding hydrogens is 190 g/mol. The molecule has 0 bridgehead atoms. The summed E-state index contributed by atoms with van der Waals surface area (Å²) in [6.07, 6.45) is 1.17. The van der Waals surface area contributed by atoms with Gasteiger partial charge >= 0.3 is 0 Å². The Morgan fingerprint density at radius 2 is 2.13 bits per heavy atom. The van der Waals surface area contributed by atoms with Crippen LogP contribution in [0.2, 0.25) is 0 Å². The number of methoxy groups -OCH3 is 2. The number of hydrogen-bond acceptors (Lipinski definition) is 3. The molecule has 0 aliphatic carbocycles. The lowest BCUT2D eigenvalue weighted by Crippen LogP contribution is -2.09. The van der Waals surface area contributed by atoms with Crippen molar-refractivity contribution in [2.24, 2.45) is 0 Å². The molecule has 1 unspecified atom stereocenters. The van der Waals surface area contributed by atoms with Crippen molar-refractivity contribution in [3.63, 3.8) is 0 Å². The fraction of sp³-hybridized carbons (Fsp3) is 0.500. The normalized spacial score (nSPS) is 20.3. The van der Waals surface area contributed by atoms with Crippen molar-refractivity contribution in [2.75, 3.05) is 27.3 Å². The predicted molar refractivity (Wildman–Crippen MR) is 59.8 cm³/mol. The fourth-order valence-electron chi connectivity index (χ4n) is 2.15. The maximum Gasteiger partial charge on any atom is 0.164 e. The molecule has 0 amide bonds. The Morgan fingerprint density at radius 1 is 1.27 bits per heavy atom. The van der Waals surface area contributed by atoms with E-state index in [1.54, 1.807) is 14.2 Å². The van der Waals surface area contributed by atoms with Gasteiger partial charge in [0.25, 0.3) is 0 Å². The molecule has 0 saturated carbocycles. The summed E-state index contributed by atoms with van der Waals surface area (Å²) in [5.41, 5.74) is 1.25. The molecule has 1 N–H and O–H groups in total. The standard InChI is InChI=1S/C12H17NO2/c1-14-11-5-3-4-10(12(11)15-2)9-6-7-13-8-9/h3-5,9,13H,6-8H2,1-2H3. The van der Waals surface area contributed by atoms with Crippen molar-refractivity contribution in [3.8, 4) is 11.5 Å². The molecule has 1 aromatic rings. The van der Waals surface area contributed by atoms with Gasteiger partial charge in [-0.2, -0.15) is 0 Å². The minimum absolute atomic E-state index is 0.551. The molecule has 1 atom stereocenters. The fourth-order valence-corrected chi connectivity index (χ4v) is 2.15. The topological polar surface area (TPSA) is 30.5 Å². The lowest BCUT2D eigenvalue weighted by atomic mass is 9.97. The van der Waals surface area contributed by atoms with Crippen molar-refractivity contribution in [1.82, 2.24) is 5.32 Å². The van der Waals surface area contributed by atoms with Gasteiger partial charge in [-0.05, 0) is 19.0 Å². The highest BCUT2D eigenvalue weighted by Gasteiger charge is 2.21. The molecule has 0 aromatic heterocycles. The molecule has 2 rings (SSSR count). The molecule has 3 nitrogen and oxygen atoms in total. The van der Waals surface area contributed by atoms with Gasteiger partial charge < -0.3 is 14.8 Å². The summed E-state index contributed by atoms with van der Waals surface area (Å²) in [7, 11) is 3.37. The first-order valence-electron chi connectivity index (χ1n) is 5.28. The van der Waals surface area contributed by atoms with Crippen LogP contribution in [-0.2, 0) is 0 Å². The number of nitrogens with one attached hydrogen (secondary N) is 1. The van der Waals surface area contributed by atoms with Crippen molar-refractivity contribution in [3.05, 3.63) is 23.8 Å². The van der Waals surface area contributed by atoms with E-state index in [9.17, 15) is 0 Å². The summed E-state index contributed by atoms with van der Waals surface area (Å²) in [6.45, 7) is 2.12. The number of rotatable bonds is 3. The number of para-hydroxylation sites is 1. The lowest BCUT2D eigenvalue weighted by Gasteiger charge is -2.16. The van der Waals surface area contributed by atoms with Gasteiger partial charge in [0.1, 0.15) is 0 Å². The van der Waals surface area contributed by atoms with E-state index in [2.05, 4.69) is 11.4 Å². The first kappa shape index (κ1) is 10.3. The van der Waals surface area contributed by atoms with Crippen LogP contribution >= 0.6 is 0 Å². The Hall–Kier alpha value is -1.22. The molecule has 15 heavy (non-hydrogen) atoms. The van der Waals surface area contributed by atoms with E-state index in [0.717, 1.165) is 24.6 Å². The highest BCUT2D eigenvalue weighted by molar-refractivity contribution is 5.48. The SMILES string of the molecule is COc1cccc(C2CCNC2)c1OC. The summed E-state index contributed by atoms with van der Waals surface area (Å²) in [4.78, 5) is 0. The van der Waals surface area contributed by atoms with Crippen molar-refractivity contribution in [2.45, 2.75) is 12.3 Å². The van der Waals surface area contributed by atoms with Crippen LogP contribution < -0.4 is 14.8 Å². The second-order valence-corrected chi connectivity index (χ2v) is 3.77. The van der Waals surface area contributed by atoms with Crippen molar-refractivity contribution < 1.29 is 9.47 Å². The van der Waals surface area contributed by atoms with Gasteiger partial charge in [0.2, 0.25) is 0 Å². The summed E-state index contributed by atoms with van der Waals surface area (Å²) in [5, 5.41) is 3.36. The number of hydrogen-bond donors (Lipinski definition) is 1. The monoisotopic (exact) mass is 207 g/mol. The molecular formula is C12H17NO2. The maximum atomic E-state index is 5.43. The minimum atomic E-state index is 0.551. The Bertz CT molecular complexity index is 332. The lowest BCUT2D eigenvalue weighted by molar-refractivity contribution is 0.350. The summed E-state index contributed by atoms with van der Waals surface area (Å²) >= 11 is 0. The molecule has 0 radical (unpaired) electrons. The Morgan fingerprint density at radius 3 is 2.73 bits per heavy atom. The minimum Gasteiger partial charge on any atom is -0.493 e. The van der Waals surface area contributed by atoms with Crippen LogP contribution in [0.1, 0.15) is 17.9 Å². The summed E-state index contributed by atoms with van der Waals surface area (Å²) in [6, 6.07) is 6.08. The predicted octanol–water partition coefficient (Wildman–Crippen LogP) is 1.78. The van der Waals surface area contributed by atoms with Gasteiger partial charge in [0.15, 0.2) is 11.5 Å². The Kier molecular flexibility index (Phi) is 3.11. The molecule has 1 aromatic carbocycles. The molecule has 1 saturated heterocycles.